The molecule has 31 nitrogen and oxygen atoms in total. The van der Waals surface area contributed by atoms with E-state index in [0.717, 1.165) is 36.4 Å². The first kappa shape index (κ1) is 76.7. The van der Waals surface area contributed by atoms with Gasteiger partial charge in [0.2, 0.25) is 29.4 Å². The smallest absolute Gasteiger partial charge is 0.416 e. The van der Waals surface area contributed by atoms with Gasteiger partial charge in [0, 0.05) is 18.6 Å². The maximum absolute atomic E-state index is 12.6. The van der Waals surface area contributed by atoms with Crippen LogP contribution in [0.5, 0.6) is 35.0 Å². The van der Waals surface area contributed by atoms with Crippen molar-refractivity contribution < 1.29 is 133 Å². The van der Waals surface area contributed by atoms with Crippen LogP contribution in [-0.4, -0.2) is 137 Å². The number of nitrogens with zero attached hydrogens (tertiary/aromatic N) is 6. The molecule has 2 aromatic heterocycles. The van der Waals surface area contributed by atoms with Gasteiger partial charge in [0.05, 0.1) is 58.6 Å². The highest BCUT2D eigenvalue weighted by atomic mass is 35.5. The van der Waals surface area contributed by atoms with Crippen molar-refractivity contribution in [2.24, 2.45) is 0 Å². The standard InChI is InChI=1S/C15H11ClF3NO4.C15H16F3N5O4S.C14H10F4N4O7S.C3H8NO5P/c1-2-23-14-8-10(4-5-12(14)20(21)22)24-13-6-3-9(7-11(13)16)15(17,18)19;1-9-19-12(22-14(20-9)27-2)21-13(24)23-28(25,26)11-6-4-3-5-10(11)7-8-15(16,17)18;15-11(16)28-8-5-9(29-12(17)18)20-13(19-8)21-14(25)22-30(26,27)7-4-2-1-3-6(7)10(23)24;5-3(6)1-4-2-10(7,8)9/h3-8H,2H2,1H3;3-6H,7-8H2,1-2H3,(H2,19,20,21,22,23,24);1-5,11-12H,(H,23,24)(H2,19,20,21,22,25);4H,1-2H2,(H,5,6)(H2,7,8,9). The van der Waals surface area contributed by atoms with Crippen LogP contribution in [0.3, 0.4) is 0 Å². The highest BCUT2D eigenvalue weighted by Gasteiger charge is 2.32. The molecule has 0 radical (unpaired) electrons. The summed E-state index contributed by atoms with van der Waals surface area (Å²) in [7, 11) is -12.0. The monoisotopic (exact) mass is 1400 g/mol. The summed E-state index contributed by atoms with van der Waals surface area (Å²) in [4.78, 5) is 88.2. The van der Waals surface area contributed by atoms with Crippen LogP contribution >= 0.6 is 19.2 Å². The Bertz CT molecular complexity index is 3840. The quantitative estimate of drug-likeness (QED) is 0.0126. The number of carboxylic acids is 2. The number of nitro groups is 1. The van der Waals surface area contributed by atoms with E-state index in [2.05, 4.69) is 45.0 Å². The molecule has 0 unspecified atom stereocenters. The number of aryl methyl sites for hydroxylation is 2. The van der Waals surface area contributed by atoms with Gasteiger partial charge in [0.15, 0.2) is 0 Å². The molecule has 45 heteroatoms. The molecule has 0 aliphatic rings. The third kappa shape index (κ3) is 27.3. The number of urea groups is 2. The Morgan fingerprint density at radius 1 is 0.739 bits per heavy atom. The van der Waals surface area contributed by atoms with E-state index in [1.165, 1.54) is 67.3 Å². The van der Waals surface area contributed by atoms with Crippen LogP contribution in [0.15, 0.2) is 101 Å². The number of alkyl halides is 10. The van der Waals surface area contributed by atoms with E-state index in [9.17, 15) is 94.6 Å². The highest BCUT2D eigenvalue weighted by Crippen LogP contribution is 2.39. The minimum absolute atomic E-state index is 0.0111. The van der Waals surface area contributed by atoms with Crippen LogP contribution in [0.2, 0.25) is 5.02 Å². The molecular weight excluding hydrogens is 1360 g/mol. The van der Waals surface area contributed by atoms with Crippen LogP contribution in [0.4, 0.5) is 71.1 Å². The number of aromatic nitrogens is 5. The Morgan fingerprint density at radius 3 is 1.77 bits per heavy atom. The molecule has 6 aromatic rings. The summed E-state index contributed by atoms with van der Waals surface area (Å²) >= 11 is 5.80. The lowest BCUT2D eigenvalue weighted by molar-refractivity contribution is -0.385. The highest BCUT2D eigenvalue weighted by molar-refractivity contribution is 7.90. The number of benzene rings is 4. The fraction of sp³-hybridized carbons (Fsp3) is 0.255. The van der Waals surface area contributed by atoms with E-state index in [-0.39, 0.29) is 57.9 Å². The Balaban J connectivity index is 0.000000336. The van der Waals surface area contributed by atoms with E-state index >= 15 is 0 Å². The summed E-state index contributed by atoms with van der Waals surface area (Å²) in [6.45, 7) is -3.90. The lowest BCUT2D eigenvalue weighted by atomic mass is 10.1. The Morgan fingerprint density at radius 2 is 1.28 bits per heavy atom. The van der Waals surface area contributed by atoms with Crippen LogP contribution in [0.25, 0.3) is 0 Å². The number of nitrogens with one attached hydrogen (secondary N) is 5. The Labute approximate surface area is 514 Å². The van der Waals surface area contributed by atoms with Gasteiger partial charge in [0.1, 0.15) is 22.2 Å². The minimum atomic E-state index is -4.71. The number of anilines is 2. The topological polar surface area (TPSA) is 448 Å². The first-order valence-corrected chi connectivity index (χ1v) is 29.4. The predicted molar refractivity (Wildman–Crippen MR) is 293 cm³/mol. The van der Waals surface area contributed by atoms with Gasteiger partial charge in [-0.1, -0.05) is 41.9 Å². The molecule has 4 amide bonds. The van der Waals surface area contributed by atoms with Crippen LogP contribution in [-0.2, 0) is 42.0 Å². The lowest BCUT2D eigenvalue weighted by Crippen LogP contribution is -2.35. The van der Waals surface area contributed by atoms with Crippen LogP contribution in [0, 0.1) is 17.0 Å². The summed E-state index contributed by atoms with van der Waals surface area (Å²) in [5.74, 6) is -5.53. The number of carbonyl (C=O) groups excluding carboxylic acids is 2. The van der Waals surface area contributed by atoms with Gasteiger partial charge in [-0.25, -0.2) is 40.7 Å². The van der Waals surface area contributed by atoms with E-state index in [0.29, 0.717) is 6.07 Å². The molecule has 0 fully saturated rings. The normalized spacial score (nSPS) is 11.4. The van der Waals surface area contributed by atoms with Gasteiger partial charge in [-0.3, -0.25) is 35.4 Å². The summed E-state index contributed by atoms with van der Waals surface area (Å²) in [5, 5.41) is 33.6. The largest absolute Gasteiger partial charge is 0.487 e. The number of carbonyl (C=O) groups is 4. The SMILES string of the molecule is CCOc1cc(Oc2ccc(C(F)(F)F)cc2Cl)ccc1[N+](=O)[O-].COc1nc(C)nc(NC(=O)NS(=O)(=O)c2ccccc2CCC(F)(F)F)n1.O=C(Nc1nc(OC(F)F)cc(OC(F)F)n1)NS(=O)(=O)c1ccccc1C(=O)O.O=C(O)CNCP(=O)(O)O. The number of rotatable bonds is 23. The number of hydrogen-bond acceptors (Lipinski definition) is 22. The van der Waals surface area contributed by atoms with E-state index in [1.807, 2.05) is 0 Å². The van der Waals surface area contributed by atoms with Crippen LogP contribution < -0.4 is 49.1 Å². The summed E-state index contributed by atoms with van der Waals surface area (Å²) < 4.78 is 210. The number of aliphatic carboxylic acids is 1. The summed E-state index contributed by atoms with van der Waals surface area (Å²) in [5.41, 5.74) is -1.87. The van der Waals surface area contributed by atoms with Gasteiger partial charge >= 0.3 is 68.9 Å². The first-order chi connectivity index (χ1) is 42.6. The van der Waals surface area contributed by atoms with E-state index in [1.54, 1.807) is 17.0 Å². The number of hydrogen-bond donors (Lipinski definition) is 9. The summed E-state index contributed by atoms with van der Waals surface area (Å²) in [6, 6.07) is 13.4. The second-order valence-electron chi connectivity index (χ2n) is 16.7. The molecule has 0 bridgehead atoms. The Kier molecular flexibility index (Phi) is 28.4. The number of methoxy groups -OCH3 is 1. The molecule has 9 N–H and O–H groups in total. The zero-order chi connectivity index (χ0) is 69.5. The molecule has 92 heavy (non-hydrogen) atoms. The van der Waals surface area contributed by atoms with Crippen molar-refractivity contribution in [2.75, 3.05) is 37.2 Å². The third-order valence-corrected chi connectivity index (χ3v) is 13.5. The van der Waals surface area contributed by atoms with Gasteiger partial charge in [0.25, 0.3) is 20.0 Å². The zero-order valence-electron chi connectivity index (χ0n) is 46.3. The van der Waals surface area contributed by atoms with Crippen molar-refractivity contribution in [2.45, 2.75) is 62.1 Å². The third-order valence-electron chi connectivity index (χ3n) is 9.77. The van der Waals surface area contributed by atoms with Crippen molar-refractivity contribution in [3.05, 3.63) is 129 Å². The van der Waals surface area contributed by atoms with Gasteiger partial charge in [-0.15, -0.1) is 0 Å². The molecule has 0 saturated carbocycles. The van der Waals surface area contributed by atoms with Gasteiger partial charge in [-0.05, 0) is 68.3 Å². The van der Waals surface area contributed by atoms with Crippen LogP contribution in [0.1, 0.15) is 40.7 Å². The minimum Gasteiger partial charge on any atom is -0.487 e. The molecule has 4 aromatic carbocycles. The molecule has 0 aliphatic carbocycles. The van der Waals surface area contributed by atoms with E-state index < -0.39 is 146 Å². The number of ether oxygens (including phenoxy) is 5. The number of carboxylic acid groups (broad SMARTS) is 2. The lowest BCUT2D eigenvalue weighted by Gasteiger charge is -2.13. The molecule has 0 atom stereocenters. The maximum Gasteiger partial charge on any atom is 0.416 e. The molecule has 0 saturated heterocycles. The van der Waals surface area contributed by atoms with E-state index in [4.69, 9.17) is 45.8 Å². The van der Waals surface area contributed by atoms with Gasteiger partial charge < -0.3 is 43.7 Å². The number of amides is 4. The molecule has 6 rings (SSSR count). The fourth-order valence-corrected chi connectivity index (χ4v) is 9.19. The van der Waals surface area contributed by atoms with Gasteiger partial charge in [-0.2, -0.15) is 68.8 Å². The number of sulfonamides is 2. The molecule has 502 valence electrons. The molecule has 2 heterocycles. The van der Waals surface area contributed by atoms with Crippen molar-refractivity contribution in [3.63, 3.8) is 0 Å². The average molecular weight is 1400 g/mol. The molecule has 0 aliphatic heterocycles. The second kappa shape index (κ2) is 34.0. The first-order valence-electron chi connectivity index (χ1n) is 24.2. The number of nitro benzene ring substituents is 1. The average Bonchev–Trinajstić information content (AvgIpc) is 0.853. The van der Waals surface area contributed by atoms with Crippen molar-refractivity contribution in [3.8, 4) is 35.0 Å². The Hall–Kier alpha value is -9.55. The molecule has 0 spiro atoms. The number of halogens is 11. The van der Waals surface area contributed by atoms with Crippen molar-refractivity contribution >= 4 is 80.8 Å². The molecular formula is C47H45ClF10N11O20PS2. The maximum atomic E-state index is 12.6. The second-order valence-corrected chi connectivity index (χ2v) is 22.0. The summed E-state index contributed by atoms with van der Waals surface area (Å²) in [6.07, 6.45) is -11.3. The van der Waals surface area contributed by atoms with Crippen molar-refractivity contribution in [1.82, 2.24) is 39.7 Å². The predicted octanol–water partition coefficient (Wildman–Crippen LogP) is 8.34. The number of aromatic carboxylic acids is 1. The zero-order valence-corrected chi connectivity index (χ0v) is 49.6. The van der Waals surface area contributed by atoms with Crippen molar-refractivity contribution in [1.29, 1.82) is 0 Å². The fourth-order valence-electron chi connectivity index (χ4n) is 6.28.